The van der Waals surface area contributed by atoms with E-state index in [1.807, 2.05) is 22.6 Å². The monoisotopic (exact) mass is 306 g/mol. The second-order valence-corrected chi connectivity index (χ2v) is 3.72. The Labute approximate surface area is 86.5 Å². The summed E-state index contributed by atoms with van der Waals surface area (Å²) in [7, 11) is 0. The van der Waals surface area contributed by atoms with E-state index >= 15 is 0 Å². The Morgan fingerprint density at radius 1 is 1.23 bits per heavy atom. The summed E-state index contributed by atoms with van der Waals surface area (Å²) in [4.78, 5) is 27.5. The van der Waals surface area contributed by atoms with Gasteiger partial charge in [0.2, 0.25) is 0 Å². The zero-order valence-electron chi connectivity index (χ0n) is 6.42. The fraction of sp³-hybridized carbons (Fsp3) is 1.00. The third kappa shape index (κ3) is 9.04. The first-order valence-corrected chi connectivity index (χ1v) is 4.45. The molecule has 13 heavy (non-hydrogen) atoms. The van der Waals surface area contributed by atoms with Gasteiger partial charge in [-0.25, -0.2) is 0 Å². The maximum absolute atomic E-state index is 9.73. The number of halogens is 1. The van der Waals surface area contributed by atoms with Gasteiger partial charge in [-0.1, -0.05) is 22.6 Å². The highest BCUT2D eigenvalue weighted by atomic mass is 127. The van der Waals surface area contributed by atoms with Crippen LogP contribution in [0.4, 0.5) is 0 Å². The molecule has 76 valence electrons. The van der Waals surface area contributed by atoms with Crippen LogP contribution in [-0.4, -0.2) is 27.3 Å². The van der Waals surface area contributed by atoms with Crippen molar-refractivity contribution >= 4 is 22.6 Å². The molecular weight excluding hydrogens is 299 g/mol. The minimum Gasteiger partial charge on any atom is -0.314 e. The fourth-order valence-corrected chi connectivity index (χ4v) is 0.895. The van der Waals surface area contributed by atoms with E-state index in [0.29, 0.717) is 6.42 Å². The maximum atomic E-state index is 9.73. The first-order chi connectivity index (χ1) is 6.02. The molecule has 0 N–H and O–H groups in total. The summed E-state index contributed by atoms with van der Waals surface area (Å²) in [6, 6.07) is 0. The van der Waals surface area contributed by atoms with E-state index in [4.69, 9.17) is 0 Å². The van der Waals surface area contributed by atoms with Crippen LogP contribution in [0.3, 0.4) is 0 Å². The Morgan fingerprint density at radius 3 is 2.23 bits per heavy atom. The van der Waals surface area contributed by atoms with Crippen LogP contribution in [0, 0.1) is 20.2 Å². The molecule has 0 fully saturated rings. The first kappa shape index (κ1) is 12.1. The third-order valence-electron chi connectivity index (χ3n) is 0.989. The predicted octanol–water partition coefficient (Wildman–Crippen LogP) is 0.597. The van der Waals surface area contributed by atoms with Crippen molar-refractivity contribution in [3.8, 4) is 0 Å². The molecule has 0 aliphatic heterocycles. The zero-order valence-corrected chi connectivity index (χ0v) is 8.58. The van der Waals surface area contributed by atoms with Gasteiger partial charge in [0.1, 0.15) is 6.61 Å². The summed E-state index contributed by atoms with van der Waals surface area (Å²) >= 11 is 1.89. The van der Waals surface area contributed by atoms with Crippen molar-refractivity contribution in [3.05, 3.63) is 20.2 Å². The Hall–Kier alpha value is -0.870. The quantitative estimate of drug-likeness (QED) is 0.295. The number of nitrogens with zero attached hydrogens (tertiary/aromatic N) is 2. The lowest BCUT2D eigenvalue weighted by atomic mass is 10.3. The predicted molar refractivity (Wildman–Crippen MR) is 48.3 cm³/mol. The lowest BCUT2D eigenvalue weighted by Gasteiger charge is -2.06. The molecule has 0 aromatic carbocycles. The molecule has 0 spiro atoms. The topological polar surface area (TPSA) is 105 Å². The molecule has 0 rings (SSSR count). The summed E-state index contributed by atoms with van der Waals surface area (Å²) in [5, 5.41) is 17.6. The van der Waals surface area contributed by atoms with Crippen molar-refractivity contribution in [1.29, 1.82) is 0 Å². The molecule has 1 atom stereocenters. The van der Waals surface area contributed by atoms with Gasteiger partial charge in [-0.3, -0.25) is 0 Å². The number of rotatable bonds is 7. The van der Waals surface area contributed by atoms with Gasteiger partial charge in [0.05, 0.1) is 6.61 Å². The van der Waals surface area contributed by atoms with Crippen LogP contribution in [0.5, 0.6) is 0 Å². The van der Waals surface area contributed by atoms with Crippen molar-refractivity contribution in [2.75, 3.05) is 13.2 Å². The minimum atomic E-state index is -0.905. The van der Waals surface area contributed by atoms with Gasteiger partial charge >= 0.3 is 0 Å². The molecule has 0 radical (unpaired) electrons. The van der Waals surface area contributed by atoms with E-state index in [1.165, 1.54) is 0 Å². The SMILES string of the molecule is O=[N+]([O-])OCCC(I)CO[N+](=O)[O-]. The van der Waals surface area contributed by atoms with E-state index in [0.717, 1.165) is 0 Å². The highest BCUT2D eigenvalue weighted by Crippen LogP contribution is 2.06. The van der Waals surface area contributed by atoms with Crippen LogP contribution >= 0.6 is 22.6 Å². The maximum Gasteiger partial charge on any atom is 0.294 e. The molecule has 8 nitrogen and oxygen atoms in total. The molecule has 1 unspecified atom stereocenters. The van der Waals surface area contributed by atoms with Crippen molar-refractivity contribution in [3.63, 3.8) is 0 Å². The van der Waals surface area contributed by atoms with Crippen LogP contribution in [0.25, 0.3) is 0 Å². The largest absolute Gasteiger partial charge is 0.314 e. The van der Waals surface area contributed by atoms with Crippen LogP contribution in [0.1, 0.15) is 6.42 Å². The number of hydrogen-bond acceptors (Lipinski definition) is 6. The normalized spacial score (nSPS) is 11.8. The highest BCUT2D eigenvalue weighted by Gasteiger charge is 2.07. The molecule has 0 heterocycles. The second kappa shape index (κ2) is 6.62. The van der Waals surface area contributed by atoms with Crippen LogP contribution in [0.2, 0.25) is 0 Å². The molecule has 0 aliphatic rings. The van der Waals surface area contributed by atoms with E-state index in [2.05, 4.69) is 9.68 Å². The average molecular weight is 306 g/mol. The molecule has 0 aromatic heterocycles. The van der Waals surface area contributed by atoms with Gasteiger partial charge in [-0.15, -0.1) is 20.2 Å². The Kier molecular flexibility index (Phi) is 6.18. The molecule has 0 saturated carbocycles. The summed E-state index contributed by atoms with van der Waals surface area (Å²) in [5.74, 6) is 0. The van der Waals surface area contributed by atoms with E-state index in [-0.39, 0.29) is 17.1 Å². The summed E-state index contributed by atoms with van der Waals surface area (Å²) in [6.45, 7) is -0.170. The van der Waals surface area contributed by atoms with Crippen LogP contribution in [0.15, 0.2) is 0 Å². The summed E-state index contributed by atoms with van der Waals surface area (Å²) in [5.41, 5.74) is 0. The molecule has 0 aliphatic carbocycles. The Bertz CT molecular complexity index is 187. The van der Waals surface area contributed by atoms with Crippen molar-refractivity contribution < 1.29 is 19.8 Å². The Balaban J connectivity index is 3.35. The van der Waals surface area contributed by atoms with Gasteiger partial charge in [-0.2, -0.15) is 0 Å². The van der Waals surface area contributed by atoms with E-state index < -0.39 is 10.2 Å². The number of alkyl halides is 1. The third-order valence-corrected chi connectivity index (χ3v) is 1.97. The first-order valence-electron chi connectivity index (χ1n) is 3.21. The Morgan fingerprint density at radius 2 is 1.77 bits per heavy atom. The second-order valence-electron chi connectivity index (χ2n) is 1.96. The molecule has 0 aromatic rings. The van der Waals surface area contributed by atoms with Gasteiger partial charge in [0.25, 0.3) is 10.2 Å². The van der Waals surface area contributed by atoms with Gasteiger partial charge in [0.15, 0.2) is 0 Å². The van der Waals surface area contributed by atoms with Crippen LogP contribution < -0.4 is 0 Å². The number of hydrogen-bond donors (Lipinski definition) is 0. The summed E-state index contributed by atoms with van der Waals surface area (Å²) < 4.78 is -0.178. The smallest absolute Gasteiger partial charge is 0.294 e. The van der Waals surface area contributed by atoms with E-state index in [1.54, 1.807) is 0 Å². The molecule has 0 amide bonds. The minimum absolute atomic E-state index is 0.0817. The standard InChI is InChI=1S/C4H7IN2O6/c5-4(3-13-7(10)11)1-2-12-6(8)9/h4H,1-3H2. The lowest BCUT2D eigenvalue weighted by molar-refractivity contribution is -0.760. The molecule has 0 saturated heterocycles. The van der Waals surface area contributed by atoms with Crippen molar-refractivity contribution in [2.45, 2.75) is 10.3 Å². The summed E-state index contributed by atoms with van der Waals surface area (Å²) in [6.07, 6.45) is 0.329. The van der Waals surface area contributed by atoms with Crippen molar-refractivity contribution in [2.24, 2.45) is 0 Å². The molecule has 9 heteroatoms. The van der Waals surface area contributed by atoms with Gasteiger partial charge in [-0.05, 0) is 6.42 Å². The van der Waals surface area contributed by atoms with Gasteiger partial charge < -0.3 is 9.68 Å². The zero-order chi connectivity index (χ0) is 10.3. The lowest BCUT2D eigenvalue weighted by Crippen LogP contribution is -2.15. The molecule has 0 bridgehead atoms. The average Bonchev–Trinajstić information content (AvgIpc) is 2.00. The van der Waals surface area contributed by atoms with Crippen molar-refractivity contribution in [1.82, 2.24) is 0 Å². The highest BCUT2D eigenvalue weighted by molar-refractivity contribution is 14.1. The van der Waals surface area contributed by atoms with E-state index in [9.17, 15) is 20.2 Å². The van der Waals surface area contributed by atoms with Gasteiger partial charge in [0, 0.05) is 3.92 Å². The fourth-order valence-electron chi connectivity index (χ4n) is 0.480. The van der Waals surface area contributed by atoms with Crippen LogP contribution in [-0.2, 0) is 9.68 Å². The molecular formula is C4H7IN2O6.